The zero-order valence-electron chi connectivity index (χ0n) is 22.6. The molecule has 0 unspecified atom stereocenters. The number of nitrogens with one attached hydrogen (secondary N) is 1. The second-order valence-corrected chi connectivity index (χ2v) is 10.4. The molecule has 204 valence electrons. The Hall–Kier alpha value is -5.23. The number of anilines is 2. The molecule has 6 rings (SSSR count). The van der Waals surface area contributed by atoms with Gasteiger partial charge in [-0.3, -0.25) is 14.2 Å². The molecule has 41 heavy (non-hydrogen) atoms. The molecule has 3 N–H and O–H groups in total. The lowest BCUT2D eigenvalue weighted by Gasteiger charge is -2.22. The Labute approximate surface area is 236 Å². The summed E-state index contributed by atoms with van der Waals surface area (Å²) in [7, 11) is 0. The van der Waals surface area contributed by atoms with E-state index in [0.29, 0.717) is 22.6 Å². The fraction of sp³-hybridized carbons (Fsp3) is 0.219. The maximum Gasteiger partial charge on any atom is 0.263 e. The molecule has 3 heterocycles. The van der Waals surface area contributed by atoms with Crippen molar-refractivity contribution in [1.29, 1.82) is 0 Å². The van der Waals surface area contributed by atoms with Gasteiger partial charge in [-0.05, 0) is 60.5 Å². The van der Waals surface area contributed by atoms with E-state index in [4.69, 9.17) is 12.3 Å². The number of benzene rings is 2. The van der Waals surface area contributed by atoms with E-state index in [1.54, 1.807) is 16.7 Å². The van der Waals surface area contributed by atoms with Crippen molar-refractivity contribution < 1.29 is 0 Å². The molecule has 1 fully saturated rings. The van der Waals surface area contributed by atoms with E-state index in [2.05, 4.69) is 20.1 Å². The highest BCUT2D eigenvalue weighted by molar-refractivity contribution is 5.96. The number of pyridine rings is 2. The van der Waals surface area contributed by atoms with Crippen molar-refractivity contribution in [1.82, 2.24) is 19.1 Å². The summed E-state index contributed by atoms with van der Waals surface area (Å²) in [5, 5.41) is 4.61. The summed E-state index contributed by atoms with van der Waals surface area (Å²) in [4.78, 5) is 38.9. The van der Waals surface area contributed by atoms with Gasteiger partial charge >= 0.3 is 0 Å². The van der Waals surface area contributed by atoms with Gasteiger partial charge in [-0.25, -0.2) is 14.8 Å². The summed E-state index contributed by atoms with van der Waals surface area (Å²) in [6.45, 7) is 9.41. The minimum atomic E-state index is -0.421. The lowest BCUT2D eigenvalue weighted by atomic mass is 9.98. The van der Waals surface area contributed by atoms with E-state index in [1.807, 2.05) is 72.3 Å². The van der Waals surface area contributed by atoms with Crippen LogP contribution >= 0.6 is 0 Å². The summed E-state index contributed by atoms with van der Waals surface area (Å²) in [6, 6.07) is 20.4. The van der Waals surface area contributed by atoms with Crippen molar-refractivity contribution in [3.63, 3.8) is 0 Å². The van der Waals surface area contributed by atoms with E-state index in [0.717, 1.165) is 42.2 Å². The van der Waals surface area contributed by atoms with Crippen molar-refractivity contribution in [2.45, 2.75) is 44.7 Å². The SMILES string of the molecule is [C-]#[N+]c1cnc(N)nc1N[C@@H](C)c1cc2cccc(-c3ccc(=O)n(C4CCCC4)c3)c2c(=O)n1-c1ccccc1. The van der Waals surface area contributed by atoms with Crippen LogP contribution in [0.25, 0.3) is 32.4 Å². The van der Waals surface area contributed by atoms with Crippen LogP contribution < -0.4 is 22.2 Å². The quantitative estimate of drug-likeness (QED) is 0.253. The third-order valence-corrected chi connectivity index (χ3v) is 7.76. The first-order valence-corrected chi connectivity index (χ1v) is 13.7. The summed E-state index contributed by atoms with van der Waals surface area (Å²) < 4.78 is 3.53. The Morgan fingerprint density at radius 1 is 1.05 bits per heavy atom. The average molecular weight is 544 g/mol. The van der Waals surface area contributed by atoms with Gasteiger partial charge in [0.15, 0.2) is 0 Å². The zero-order valence-corrected chi connectivity index (χ0v) is 22.6. The number of para-hydroxylation sites is 1. The van der Waals surface area contributed by atoms with Crippen molar-refractivity contribution in [3.05, 3.63) is 117 Å². The molecule has 1 aliphatic rings. The lowest BCUT2D eigenvalue weighted by molar-refractivity contribution is 0.503. The number of aromatic nitrogens is 4. The van der Waals surface area contributed by atoms with Gasteiger partial charge in [-0.1, -0.05) is 49.2 Å². The molecule has 0 spiro atoms. The number of hydrogen-bond acceptors (Lipinski definition) is 6. The lowest BCUT2D eigenvalue weighted by Crippen LogP contribution is -2.26. The standard InChI is InChI=1S/C32H29N7O2/c1-20(36-30-26(34-2)18-35-32(33)37-30)27-17-21-9-8-14-25(29(21)31(41)39(27)24-12-4-3-5-13-24)22-15-16-28(40)38(19-22)23-10-6-7-11-23/h3-5,8-9,12-20,23H,6-7,10-11H2,1H3,(H3,33,35,36,37)/t20-/m0/s1. The molecule has 1 atom stereocenters. The summed E-state index contributed by atoms with van der Waals surface area (Å²) in [5.41, 5.74) is 8.84. The number of rotatable bonds is 6. The van der Waals surface area contributed by atoms with E-state index >= 15 is 0 Å². The molecule has 0 radical (unpaired) electrons. The minimum Gasteiger partial charge on any atom is -0.371 e. The van der Waals surface area contributed by atoms with Crippen molar-refractivity contribution >= 4 is 28.2 Å². The average Bonchev–Trinajstić information content (AvgIpc) is 3.52. The van der Waals surface area contributed by atoms with Gasteiger partial charge in [0.2, 0.25) is 11.6 Å². The summed E-state index contributed by atoms with van der Waals surface area (Å²) in [5.74, 6) is 0.352. The molecule has 0 bridgehead atoms. The summed E-state index contributed by atoms with van der Waals surface area (Å²) in [6.07, 6.45) is 7.49. The van der Waals surface area contributed by atoms with Gasteiger partial charge in [0.05, 0.1) is 18.0 Å². The van der Waals surface area contributed by atoms with Crippen LogP contribution in [0.4, 0.5) is 17.5 Å². The third kappa shape index (κ3) is 4.85. The minimum absolute atomic E-state index is 0.0195. The fourth-order valence-electron chi connectivity index (χ4n) is 5.77. The maximum atomic E-state index is 14.5. The largest absolute Gasteiger partial charge is 0.371 e. The van der Waals surface area contributed by atoms with Crippen LogP contribution in [0.1, 0.15) is 50.4 Å². The van der Waals surface area contributed by atoms with Gasteiger partial charge < -0.3 is 15.6 Å². The van der Waals surface area contributed by atoms with Gasteiger partial charge in [0.1, 0.15) is 5.82 Å². The maximum absolute atomic E-state index is 14.5. The van der Waals surface area contributed by atoms with Crippen molar-refractivity contribution in [2.75, 3.05) is 11.1 Å². The highest BCUT2D eigenvalue weighted by atomic mass is 16.1. The van der Waals surface area contributed by atoms with E-state index in [9.17, 15) is 9.59 Å². The molecule has 1 aliphatic carbocycles. The van der Waals surface area contributed by atoms with Crippen molar-refractivity contribution in [2.24, 2.45) is 0 Å². The first-order valence-electron chi connectivity index (χ1n) is 13.7. The van der Waals surface area contributed by atoms with E-state index < -0.39 is 6.04 Å². The number of nitrogen functional groups attached to an aromatic ring is 1. The van der Waals surface area contributed by atoms with Crippen LogP contribution in [0.15, 0.2) is 88.7 Å². The second kappa shape index (κ2) is 10.7. The Bertz CT molecular complexity index is 1920. The molecule has 9 nitrogen and oxygen atoms in total. The van der Waals surface area contributed by atoms with Crippen molar-refractivity contribution in [3.8, 4) is 16.8 Å². The smallest absolute Gasteiger partial charge is 0.263 e. The number of fused-ring (bicyclic) bond motifs is 1. The normalized spacial score (nSPS) is 14.1. The van der Waals surface area contributed by atoms with Crippen LogP contribution in [0, 0.1) is 6.57 Å². The van der Waals surface area contributed by atoms with Gasteiger partial charge in [0, 0.05) is 35.9 Å². The topological polar surface area (TPSA) is 112 Å². The Balaban J connectivity index is 1.55. The Kier molecular flexibility index (Phi) is 6.81. The molecule has 0 saturated heterocycles. The molecule has 9 heteroatoms. The first kappa shape index (κ1) is 26.0. The van der Waals surface area contributed by atoms with Crippen LogP contribution in [-0.4, -0.2) is 19.1 Å². The molecular formula is C32H29N7O2. The third-order valence-electron chi connectivity index (χ3n) is 7.76. The molecule has 3 aromatic heterocycles. The Morgan fingerprint density at radius 3 is 2.59 bits per heavy atom. The second-order valence-electron chi connectivity index (χ2n) is 10.4. The predicted octanol–water partition coefficient (Wildman–Crippen LogP) is 6.03. The van der Waals surface area contributed by atoms with Gasteiger partial charge in [-0.15, -0.1) is 0 Å². The van der Waals surface area contributed by atoms with Crippen LogP contribution in [0.2, 0.25) is 0 Å². The highest BCUT2D eigenvalue weighted by Gasteiger charge is 2.22. The molecule has 0 aliphatic heterocycles. The number of nitrogens with two attached hydrogens (primary N) is 1. The molecular weight excluding hydrogens is 514 g/mol. The van der Waals surface area contributed by atoms with Crippen LogP contribution in [0.5, 0.6) is 0 Å². The summed E-state index contributed by atoms with van der Waals surface area (Å²) >= 11 is 0. The highest BCUT2D eigenvalue weighted by Crippen LogP contribution is 2.33. The molecule has 5 aromatic rings. The predicted molar refractivity (Wildman–Crippen MR) is 161 cm³/mol. The number of nitrogens with zero attached hydrogens (tertiary/aromatic N) is 5. The van der Waals surface area contributed by atoms with E-state index in [1.165, 1.54) is 6.20 Å². The van der Waals surface area contributed by atoms with Crippen LogP contribution in [-0.2, 0) is 0 Å². The van der Waals surface area contributed by atoms with Crippen LogP contribution in [0.3, 0.4) is 0 Å². The zero-order chi connectivity index (χ0) is 28.5. The van der Waals surface area contributed by atoms with Gasteiger partial charge in [0.25, 0.3) is 11.1 Å². The van der Waals surface area contributed by atoms with E-state index in [-0.39, 0.29) is 28.8 Å². The monoisotopic (exact) mass is 543 g/mol. The number of hydrogen-bond donors (Lipinski definition) is 2. The molecule has 0 amide bonds. The van der Waals surface area contributed by atoms with Gasteiger partial charge in [-0.2, -0.15) is 0 Å². The Morgan fingerprint density at radius 2 is 1.83 bits per heavy atom. The fourth-order valence-corrected chi connectivity index (χ4v) is 5.77. The first-order chi connectivity index (χ1) is 19.9. The molecule has 2 aromatic carbocycles. The molecule has 1 saturated carbocycles.